The van der Waals surface area contributed by atoms with Crippen LogP contribution in [0, 0.1) is 3.57 Å². The molecular weight excluding hydrogens is 439 g/mol. The number of hydrogen-bond acceptors (Lipinski definition) is 3. The van der Waals surface area contributed by atoms with E-state index in [-0.39, 0.29) is 12.5 Å². The summed E-state index contributed by atoms with van der Waals surface area (Å²) in [6.45, 7) is 2.35. The molecule has 1 saturated heterocycles. The highest BCUT2D eigenvalue weighted by molar-refractivity contribution is 14.1. The van der Waals surface area contributed by atoms with Crippen molar-refractivity contribution in [1.82, 2.24) is 9.80 Å². The van der Waals surface area contributed by atoms with Gasteiger partial charge in [-0.25, -0.2) is 0 Å². The van der Waals surface area contributed by atoms with Crippen LogP contribution in [0.2, 0.25) is 0 Å². The number of amides is 1. The van der Waals surface area contributed by atoms with E-state index in [9.17, 15) is 9.59 Å². The molecule has 1 fully saturated rings. The first-order chi connectivity index (χ1) is 9.47. The van der Waals surface area contributed by atoms with Gasteiger partial charge < -0.3 is 10.0 Å². The standard InChI is InChI=1S/C13H14BrIN2O3/c14-11-2-1-9(15)7-10(11)13(20)17-5-3-16(4-6-17)8-12(18)19/h1-2,7H,3-6,8H2,(H,18,19). The van der Waals surface area contributed by atoms with Crippen molar-refractivity contribution in [2.75, 3.05) is 32.7 Å². The van der Waals surface area contributed by atoms with Gasteiger partial charge in [-0.3, -0.25) is 14.5 Å². The van der Waals surface area contributed by atoms with Crippen molar-refractivity contribution in [1.29, 1.82) is 0 Å². The Balaban J connectivity index is 2.01. The number of hydrogen-bond donors (Lipinski definition) is 1. The van der Waals surface area contributed by atoms with Crippen LogP contribution in [0.25, 0.3) is 0 Å². The Morgan fingerprint density at radius 1 is 1.25 bits per heavy atom. The molecule has 0 atom stereocenters. The van der Waals surface area contributed by atoms with Gasteiger partial charge in [-0.2, -0.15) is 0 Å². The molecule has 1 aliphatic heterocycles. The summed E-state index contributed by atoms with van der Waals surface area (Å²) < 4.78 is 1.80. The smallest absolute Gasteiger partial charge is 0.317 e. The van der Waals surface area contributed by atoms with E-state index < -0.39 is 5.97 Å². The van der Waals surface area contributed by atoms with Crippen molar-refractivity contribution in [3.05, 3.63) is 31.8 Å². The second-order valence-corrected chi connectivity index (χ2v) is 6.69. The van der Waals surface area contributed by atoms with Crippen LogP contribution < -0.4 is 0 Å². The van der Waals surface area contributed by atoms with Gasteiger partial charge in [0.2, 0.25) is 0 Å². The normalized spacial score (nSPS) is 16.2. The zero-order valence-electron chi connectivity index (χ0n) is 10.7. The predicted octanol–water partition coefficient (Wildman–Crippen LogP) is 1.90. The van der Waals surface area contributed by atoms with Crippen LogP contribution in [-0.4, -0.2) is 59.5 Å². The van der Waals surface area contributed by atoms with E-state index in [1.807, 2.05) is 23.1 Å². The summed E-state index contributed by atoms with van der Waals surface area (Å²) in [4.78, 5) is 26.7. The average Bonchev–Trinajstić information content (AvgIpc) is 2.41. The summed E-state index contributed by atoms with van der Waals surface area (Å²) in [5, 5.41) is 8.76. The quantitative estimate of drug-likeness (QED) is 0.711. The molecule has 0 radical (unpaired) electrons. The largest absolute Gasteiger partial charge is 0.480 e. The van der Waals surface area contributed by atoms with Crippen LogP contribution in [0.4, 0.5) is 0 Å². The molecule has 0 spiro atoms. The van der Waals surface area contributed by atoms with E-state index in [2.05, 4.69) is 38.5 Å². The number of halogens is 2. The Labute approximate surface area is 139 Å². The topological polar surface area (TPSA) is 60.9 Å². The van der Waals surface area contributed by atoms with Gasteiger partial charge in [0.25, 0.3) is 5.91 Å². The van der Waals surface area contributed by atoms with Crippen LogP contribution in [-0.2, 0) is 4.79 Å². The summed E-state index contributed by atoms with van der Waals surface area (Å²) in [5.74, 6) is -0.837. The predicted molar refractivity (Wildman–Crippen MR) is 86.8 cm³/mol. The molecule has 7 heteroatoms. The van der Waals surface area contributed by atoms with Crippen LogP contribution in [0.1, 0.15) is 10.4 Å². The second-order valence-electron chi connectivity index (χ2n) is 4.59. The molecular formula is C13H14BrIN2O3. The van der Waals surface area contributed by atoms with Crippen LogP contribution in [0.3, 0.4) is 0 Å². The monoisotopic (exact) mass is 452 g/mol. The third-order valence-corrected chi connectivity index (χ3v) is 4.54. The molecule has 2 rings (SSSR count). The molecule has 0 bridgehead atoms. The van der Waals surface area contributed by atoms with Gasteiger partial charge >= 0.3 is 5.97 Å². The lowest BCUT2D eigenvalue weighted by Gasteiger charge is -2.34. The maximum absolute atomic E-state index is 12.5. The lowest BCUT2D eigenvalue weighted by atomic mass is 10.2. The van der Waals surface area contributed by atoms with E-state index in [0.717, 1.165) is 8.04 Å². The third-order valence-electron chi connectivity index (χ3n) is 3.18. The van der Waals surface area contributed by atoms with Gasteiger partial charge in [0, 0.05) is 34.2 Å². The molecule has 5 nitrogen and oxygen atoms in total. The van der Waals surface area contributed by atoms with Crippen molar-refractivity contribution in [2.45, 2.75) is 0 Å². The van der Waals surface area contributed by atoms with Crippen LogP contribution >= 0.6 is 38.5 Å². The lowest BCUT2D eigenvalue weighted by molar-refractivity contribution is -0.138. The Bertz CT molecular complexity index is 530. The molecule has 1 heterocycles. The second kappa shape index (κ2) is 6.86. The number of aliphatic carboxylic acids is 1. The van der Waals surface area contributed by atoms with Crippen molar-refractivity contribution in [3.63, 3.8) is 0 Å². The van der Waals surface area contributed by atoms with E-state index in [1.54, 1.807) is 4.90 Å². The van der Waals surface area contributed by atoms with E-state index in [1.165, 1.54) is 0 Å². The number of carbonyl (C=O) groups is 2. The van der Waals surface area contributed by atoms with Crippen molar-refractivity contribution in [3.8, 4) is 0 Å². The molecule has 0 unspecified atom stereocenters. The zero-order chi connectivity index (χ0) is 14.7. The van der Waals surface area contributed by atoms with E-state index in [0.29, 0.717) is 31.7 Å². The summed E-state index contributed by atoms with van der Waals surface area (Å²) in [7, 11) is 0. The molecule has 20 heavy (non-hydrogen) atoms. The molecule has 1 N–H and O–H groups in total. The fourth-order valence-corrected chi connectivity index (χ4v) is 3.04. The molecule has 0 saturated carbocycles. The SMILES string of the molecule is O=C(O)CN1CCN(C(=O)c2cc(I)ccc2Br)CC1. The third kappa shape index (κ3) is 3.92. The van der Waals surface area contributed by atoms with Crippen molar-refractivity contribution >= 4 is 50.4 Å². The summed E-state index contributed by atoms with van der Waals surface area (Å²) in [6, 6.07) is 5.67. The number of nitrogens with zero attached hydrogens (tertiary/aromatic N) is 2. The lowest BCUT2D eigenvalue weighted by Crippen LogP contribution is -2.50. The zero-order valence-corrected chi connectivity index (χ0v) is 14.4. The molecule has 1 amide bonds. The van der Waals surface area contributed by atoms with Gasteiger partial charge in [-0.05, 0) is 56.7 Å². The van der Waals surface area contributed by atoms with Gasteiger partial charge in [0.1, 0.15) is 0 Å². The molecule has 1 aliphatic rings. The Kier molecular flexibility index (Phi) is 5.39. The first kappa shape index (κ1) is 15.7. The van der Waals surface area contributed by atoms with Gasteiger partial charge in [-0.1, -0.05) is 0 Å². The summed E-state index contributed by atoms with van der Waals surface area (Å²) in [5.41, 5.74) is 0.656. The summed E-state index contributed by atoms with van der Waals surface area (Å²) in [6.07, 6.45) is 0. The number of carboxylic acid groups (broad SMARTS) is 1. The van der Waals surface area contributed by atoms with Gasteiger partial charge in [0.05, 0.1) is 12.1 Å². The number of carbonyl (C=O) groups excluding carboxylic acids is 1. The maximum Gasteiger partial charge on any atom is 0.317 e. The number of rotatable bonds is 3. The minimum atomic E-state index is -0.829. The first-order valence-corrected chi connectivity index (χ1v) is 8.03. The van der Waals surface area contributed by atoms with Crippen molar-refractivity contribution in [2.24, 2.45) is 0 Å². The Hall–Kier alpha value is -0.670. The Morgan fingerprint density at radius 2 is 1.90 bits per heavy atom. The highest BCUT2D eigenvalue weighted by Crippen LogP contribution is 2.21. The first-order valence-electron chi connectivity index (χ1n) is 6.16. The Morgan fingerprint density at radius 3 is 2.50 bits per heavy atom. The molecule has 1 aromatic rings. The fraction of sp³-hybridized carbons (Fsp3) is 0.385. The van der Waals surface area contributed by atoms with E-state index in [4.69, 9.17) is 5.11 Å². The number of benzene rings is 1. The average molecular weight is 453 g/mol. The molecule has 1 aromatic carbocycles. The highest BCUT2D eigenvalue weighted by atomic mass is 127. The van der Waals surface area contributed by atoms with Crippen LogP contribution in [0.5, 0.6) is 0 Å². The molecule has 108 valence electrons. The number of carboxylic acids is 1. The summed E-state index contributed by atoms with van der Waals surface area (Å²) >= 11 is 5.58. The van der Waals surface area contributed by atoms with Crippen LogP contribution in [0.15, 0.2) is 22.7 Å². The van der Waals surface area contributed by atoms with Crippen molar-refractivity contribution < 1.29 is 14.7 Å². The minimum absolute atomic E-state index is 0.00892. The van der Waals surface area contributed by atoms with Gasteiger partial charge in [0.15, 0.2) is 0 Å². The fourth-order valence-electron chi connectivity index (χ4n) is 2.13. The maximum atomic E-state index is 12.5. The molecule has 0 aromatic heterocycles. The van der Waals surface area contributed by atoms with Gasteiger partial charge in [-0.15, -0.1) is 0 Å². The number of piperazine rings is 1. The minimum Gasteiger partial charge on any atom is -0.480 e. The highest BCUT2D eigenvalue weighted by Gasteiger charge is 2.24. The van der Waals surface area contributed by atoms with E-state index >= 15 is 0 Å². The molecule has 0 aliphatic carbocycles.